The molecule has 0 spiro atoms. The molecule has 0 aromatic carbocycles. The predicted molar refractivity (Wildman–Crippen MR) is 52.2 cm³/mol. The van der Waals surface area contributed by atoms with Crippen molar-refractivity contribution in [1.82, 2.24) is 4.98 Å². The standard InChI is InChI=1S/C7H6BrNO.BrH/c8-7(10)4-6-2-1-3-9-5-6;/h1-3,5H,4H2;1H. The quantitative estimate of drug-likeness (QED) is 0.777. The number of rotatable bonds is 2. The molecule has 0 fully saturated rings. The molecule has 0 aliphatic rings. The van der Waals surface area contributed by atoms with Crippen molar-refractivity contribution in [2.45, 2.75) is 6.42 Å². The Morgan fingerprint density at radius 1 is 1.64 bits per heavy atom. The van der Waals surface area contributed by atoms with Crippen LogP contribution in [0.5, 0.6) is 0 Å². The molecule has 0 bridgehead atoms. The molecule has 0 aliphatic carbocycles. The summed E-state index contributed by atoms with van der Waals surface area (Å²) in [7, 11) is 0. The Labute approximate surface area is 83.9 Å². The summed E-state index contributed by atoms with van der Waals surface area (Å²) in [5, 5.41) is 0. The number of aromatic nitrogens is 1. The van der Waals surface area contributed by atoms with E-state index in [4.69, 9.17) is 0 Å². The minimum Gasteiger partial charge on any atom is -0.286 e. The van der Waals surface area contributed by atoms with Gasteiger partial charge in [0.05, 0.1) is 0 Å². The van der Waals surface area contributed by atoms with E-state index in [1.807, 2.05) is 12.1 Å². The van der Waals surface area contributed by atoms with Crippen LogP contribution in [0.3, 0.4) is 0 Å². The van der Waals surface area contributed by atoms with E-state index in [0.29, 0.717) is 6.42 Å². The Morgan fingerprint density at radius 2 is 2.36 bits per heavy atom. The third-order valence-electron chi connectivity index (χ3n) is 1.07. The van der Waals surface area contributed by atoms with Crippen LogP contribution in [-0.4, -0.2) is 9.68 Å². The topological polar surface area (TPSA) is 30.0 Å². The average Bonchev–Trinajstić information content (AvgIpc) is 1.88. The minimum atomic E-state index is -0.0134. The van der Waals surface area contributed by atoms with E-state index >= 15 is 0 Å². The molecule has 0 unspecified atom stereocenters. The van der Waals surface area contributed by atoms with Gasteiger partial charge in [0, 0.05) is 18.8 Å². The fraction of sp³-hybridized carbons (Fsp3) is 0.143. The van der Waals surface area contributed by atoms with Gasteiger partial charge in [0.25, 0.3) is 0 Å². The lowest BCUT2D eigenvalue weighted by molar-refractivity contribution is -0.109. The summed E-state index contributed by atoms with van der Waals surface area (Å²) in [6.07, 6.45) is 3.77. The second-order valence-corrected chi connectivity index (χ2v) is 2.78. The number of carbonyl (C=O) groups is 1. The normalized spacial score (nSPS) is 8.45. The Balaban J connectivity index is 0.000001000. The highest BCUT2D eigenvalue weighted by molar-refractivity contribution is 9.18. The monoisotopic (exact) mass is 279 g/mol. The van der Waals surface area contributed by atoms with Crippen molar-refractivity contribution in [3.8, 4) is 0 Å². The average molecular weight is 281 g/mol. The maximum Gasteiger partial charge on any atom is 0.202 e. The lowest BCUT2D eigenvalue weighted by Gasteiger charge is -1.91. The zero-order valence-corrected chi connectivity index (χ0v) is 8.96. The molecular weight excluding hydrogens is 274 g/mol. The van der Waals surface area contributed by atoms with Gasteiger partial charge in [-0.1, -0.05) is 6.07 Å². The molecule has 0 N–H and O–H groups in total. The molecule has 11 heavy (non-hydrogen) atoms. The van der Waals surface area contributed by atoms with Crippen molar-refractivity contribution in [2.24, 2.45) is 0 Å². The molecule has 1 aromatic rings. The van der Waals surface area contributed by atoms with Gasteiger partial charge in [-0.2, -0.15) is 0 Å². The van der Waals surface area contributed by atoms with Crippen molar-refractivity contribution in [3.05, 3.63) is 30.1 Å². The second-order valence-electron chi connectivity index (χ2n) is 1.89. The number of pyridine rings is 1. The Kier molecular flexibility index (Phi) is 5.32. The SMILES string of the molecule is Br.O=C(Br)Cc1cccnc1. The van der Waals surface area contributed by atoms with Gasteiger partial charge < -0.3 is 0 Å². The van der Waals surface area contributed by atoms with E-state index in [1.54, 1.807) is 12.4 Å². The van der Waals surface area contributed by atoms with Crippen molar-refractivity contribution >= 4 is 37.6 Å². The molecule has 0 radical (unpaired) electrons. The lowest BCUT2D eigenvalue weighted by Crippen LogP contribution is -1.92. The van der Waals surface area contributed by atoms with E-state index in [2.05, 4.69) is 20.9 Å². The van der Waals surface area contributed by atoms with Crippen LogP contribution >= 0.6 is 32.9 Å². The molecule has 0 saturated carbocycles. The highest BCUT2D eigenvalue weighted by Gasteiger charge is 1.96. The first kappa shape index (κ1) is 10.8. The molecule has 0 atom stereocenters. The van der Waals surface area contributed by atoms with Gasteiger partial charge in [0.1, 0.15) is 0 Å². The number of halogens is 2. The van der Waals surface area contributed by atoms with Crippen LogP contribution in [0.15, 0.2) is 24.5 Å². The zero-order chi connectivity index (χ0) is 7.40. The summed E-state index contributed by atoms with van der Waals surface area (Å²) in [5.41, 5.74) is 0.935. The van der Waals surface area contributed by atoms with Crippen LogP contribution in [0.4, 0.5) is 0 Å². The van der Waals surface area contributed by atoms with Gasteiger partial charge in [-0.25, -0.2) is 0 Å². The van der Waals surface area contributed by atoms with Crippen LogP contribution < -0.4 is 0 Å². The van der Waals surface area contributed by atoms with E-state index in [1.165, 1.54) is 0 Å². The fourth-order valence-electron chi connectivity index (χ4n) is 0.663. The summed E-state index contributed by atoms with van der Waals surface area (Å²) >= 11 is 2.84. The van der Waals surface area contributed by atoms with Crippen LogP contribution in [0.2, 0.25) is 0 Å². The van der Waals surface area contributed by atoms with Crippen LogP contribution in [0.25, 0.3) is 0 Å². The lowest BCUT2D eigenvalue weighted by atomic mass is 10.2. The molecule has 60 valence electrons. The Morgan fingerprint density at radius 3 is 2.82 bits per heavy atom. The number of nitrogens with zero attached hydrogens (tertiary/aromatic N) is 1. The first-order valence-corrected chi connectivity index (χ1v) is 3.65. The van der Waals surface area contributed by atoms with E-state index in [-0.39, 0.29) is 21.7 Å². The largest absolute Gasteiger partial charge is 0.286 e. The Bertz CT molecular complexity index is 225. The molecule has 1 rings (SSSR count). The second kappa shape index (κ2) is 5.43. The van der Waals surface area contributed by atoms with Gasteiger partial charge in [-0.15, -0.1) is 17.0 Å². The van der Waals surface area contributed by atoms with Gasteiger partial charge in [-0.3, -0.25) is 9.78 Å². The molecule has 4 heteroatoms. The van der Waals surface area contributed by atoms with Crippen LogP contribution in [0.1, 0.15) is 5.56 Å². The molecule has 0 aliphatic heterocycles. The van der Waals surface area contributed by atoms with Crippen molar-refractivity contribution in [3.63, 3.8) is 0 Å². The van der Waals surface area contributed by atoms with Gasteiger partial charge in [0.2, 0.25) is 4.69 Å². The van der Waals surface area contributed by atoms with E-state index in [9.17, 15) is 4.79 Å². The first-order chi connectivity index (χ1) is 4.79. The van der Waals surface area contributed by atoms with Crippen molar-refractivity contribution < 1.29 is 4.79 Å². The van der Waals surface area contributed by atoms with Gasteiger partial charge in [0.15, 0.2) is 0 Å². The van der Waals surface area contributed by atoms with Gasteiger partial charge >= 0.3 is 0 Å². The maximum atomic E-state index is 10.5. The third kappa shape index (κ3) is 4.27. The third-order valence-corrected chi connectivity index (χ3v) is 1.35. The summed E-state index contributed by atoms with van der Waals surface area (Å²) in [6, 6.07) is 3.68. The number of hydrogen-bond donors (Lipinski definition) is 0. The highest BCUT2D eigenvalue weighted by Crippen LogP contribution is 2.00. The van der Waals surface area contributed by atoms with Crippen molar-refractivity contribution in [2.75, 3.05) is 0 Å². The Hall–Kier alpha value is -0.220. The van der Waals surface area contributed by atoms with Crippen LogP contribution in [-0.2, 0) is 11.2 Å². The maximum absolute atomic E-state index is 10.5. The predicted octanol–water partition coefficient (Wildman–Crippen LogP) is 2.12. The number of hydrogen-bond acceptors (Lipinski definition) is 2. The fourth-order valence-corrected chi connectivity index (χ4v) is 0.987. The smallest absolute Gasteiger partial charge is 0.202 e. The van der Waals surface area contributed by atoms with Crippen molar-refractivity contribution in [1.29, 1.82) is 0 Å². The minimum absolute atomic E-state index is 0. The molecule has 0 amide bonds. The molecular formula is C7H7Br2NO. The zero-order valence-electron chi connectivity index (χ0n) is 5.66. The molecule has 0 saturated heterocycles. The van der Waals surface area contributed by atoms with Gasteiger partial charge in [-0.05, 0) is 27.6 Å². The molecule has 1 aromatic heterocycles. The number of carbonyl (C=O) groups excluding carboxylic acids is 1. The summed E-state index contributed by atoms with van der Waals surface area (Å²) in [4.78, 5) is 14.4. The summed E-state index contributed by atoms with van der Waals surface area (Å²) < 4.78 is -0.0134. The molecule has 1 heterocycles. The highest BCUT2D eigenvalue weighted by atomic mass is 79.9. The first-order valence-electron chi connectivity index (χ1n) is 2.86. The molecule has 2 nitrogen and oxygen atoms in total. The van der Waals surface area contributed by atoms with E-state index in [0.717, 1.165) is 5.56 Å². The van der Waals surface area contributed by atoms with Crippen LogP contribution in [0, 0.1) is 0 Å². The summed E-state index contributed by atoms with van der Waals surface area (Å²) in [6.45, 7) is 0. The summed E-state index contributed by atoms with van der Waals surface area (Å²) in [5.74, 6) is 0. The van der Waals surface area contributed by atoms with E-state index < -0.39 is 0 Å².